The van der Waals surface area contributed by atoms with Crippen molar-refractivity contribution in [1.82, 2.24) is 10.2 Å². The van der Waals surface area contributed by atoms with Crippen molar-refractivity contribution in [2.24, 2.45) is 0 Å². The lowest BCUT2D eigenvalue weighted by Gasteiger charge is -2.06. The first-order chi connectivity index (χ1) is 15.2. The van der Waals surface area contributed by atoms with E-state index in [0.29, 0.717) is 16.6 Å². The van der Waals surface area contributed by atoms with Crippen LogP contribution in [0.15, 0.2) is 24.3 Å². The van der Waals surface area contributed by atoms with E-state index in [1.807, 2.05) is 24.3 Å². The highest BCUT2D eigenvalue weighted by Gasteiger charge is 2.15. The van der Waals surface area contributed by atoms with Crippen molar-refractivity contribution < 1.29 is 14.3 Å². The van der Waals surface area contributed by atoms with E-state index in [1.165, 1.54) is 69.1 Å². The van der Waals surface area contributed by atoms with Gasteiger partial charge in [-0.15, -0.1) is 10.2 Å². The van der Waals surface area contributed by atoms with Gasteiger partial charge in [-0.1, -0.05) is 89.4 Å². The molecule has 0 aliphatic heterocycles. The second kappa shape index (κ2) is 15.8. The van der Waals surface area contributed by atoms with Gasteiger partial charge in [-0.2, -0.15) is 0 Å². The van der Waals surface area contributed by atoms with E-state index in [4.69, 9.17) is 9.47 Å². The molecule has 1 aromatic carbocycles. The zero-order chi connectivity index (χ0) is 22.2. The summed E-state index contributed by atoms with van der Waals surface area (Å²) in [7, 11) is 0. The number of hydrogen-bond acceptors (Lipinski definition) is 6. The molecule has 0 fully saturated rings. The van der Waals surface area contributed by atoms with E-state index >= 15 is 0 Å². The molecule has 0 spiro atoms. The van der Waals surface area contributed by atoms with Crippen LogP contribution in [0.3, 0.4) is 0 Å². The number of rotatable bonds is 17. The van der Waals surface area contributed by atoms with Crippen molar-refractivity contribution in [2.45, 2.75) is 90.9 Å². The van der Waals surface area contributed by atoms with Crippen LogP contribution >= 0.6 is 11.3 Å². The Kier molecular flexibility index (Phi) is 12.9. The molecule has 2 rings (SSSR count). The van der Waals surface area contributed by atoms with Gasteiger partial charge in [-0.25, -0.2) is 4.79 Å². The number of hydrogen-bond donors (Lipinski definition) is 0. The van der Waals surface area contributed by atoms with Crippen LogP contribution in [-0.2, 0) is 4.74 Å². The minimum Gasteiger partial charge on any atom is -0.494 e. The Morgan fingerprint density at radius 2 is 1.35 bits per heavy atom. The molecule has 172 valence electrons. The van der Waals surface area contributed by atoms with Gasteiger partial charge >= 0.3 is 5.97 Å². The quantitative estimate of drug-likeness (QED) is 0.186. The average molecular weight is 447 g/mol. The molecule has 0 atom stereocenters. The average Bonchev–Trinajstić information content (AvgIpc) is 3.29. The molecule has 0 saturated carbocycles. The van der Waals surface area contributed by atoms with Crippen LogP contribution in [0.2, 0.25) is 0 Å². The van der Waals surface area contributed by atoms with Crippen LogP contribution in [0.1, 0.15) is 101 Å². The molecular formula is C25H38N2O3S. The first-order valence-corrected chi connectivity index (χ1v) is 12.8. The van der Waals surface area contributed by atoms with Crippen LogP contribution in [0.4, 0.5) is 0 Å². The fourth-order valence-electron chi connectivity index (χ4n) is 3.30. The molecule has 1 aromatic heterocycles. The zero-order valence-electron chi connectivity index (χ0n) is 19.2. The van der Waals surface area contributed by atoms with Gasteiger partial charge in [0.05, 0.1) is 13.2 Å². The number of unbranched alkanes of at least 4 members (excludes halogenated alkanes) is 10. The molecule has 0 amide bonds. The number of nitrogens with zero attached hydrogens (tertiary/aromatic N) is 2. The van der Waals surface area contributed by atoms with Gasteiger partial charge in [0.15, 0.2) is 0 Å². The molecule has 6 heteroatoms. The summed E-state index contributed by atoms with van der Waals surface area (Å²) in [4.78, 5) is 12.2. The monoisotopic (exact) mass is 446 g/mol. The van der Waals surface area contributed by atoms with Gasteiger partial charge < -0.3 is 9.47 Å². The molecule has 0 aliphatic rings. The number of aromatic nitrogens is 2. The zero-order valence-corrected chi connectivity index (χ0v) is 20.1. The van der Waals surface area contributed by atoms with Crippen molar-refractivity contribution in [1.29, 1.82) is 0 Å². The normalized spacial score (nSPS) is 10.9. The minimum absolute atomic E-state index is 0.310. The van der Waals surface area contributed by atoms with E-state index in [-0.39, 0.29) is 5.97 Å². The van der Waals surface area contributed by atoms with Crippen LogP contribution in [-0.4, -0.2) is 29.4 Å². The molecule has 31 heavy (non-hydrogen) atoms. The van der Waals surface area contributed by atoms with Gasteiger partial charge in [0.25, 0.3) is 0 Å². The highest BCUT2D eigenvalue weighted by atomic mass is 32.1. The summed E-state index contributed by atoms with van der Waals surface area (Å²) in [5.74, 6) is 0.483. The molecule has 5 nitrogen and oxygen atoms in total. The Hall–Kier alpha value is -1.95. The van der Waals surface area contributed by atoms with E-state index in [9.17, 15) is 4.79 Å². The Bertz CT molecular complexity index is 731. The summed E-state index contributed by atoms with van der Waals surface area (Å²) in [5, 5.41) is 9.19. The fraction of sp³-hybridized carbons (Fsp3) is 0.640. The molecule has 2 aromatic rings. The van der Waals surface area contributed by atoms with Crippen LogP contribution in [0.25, 0.3) is 10.6 Å². The Balaban J connectivity index is 1.68. The lowest BCUT2D eigenvalue weighted by molar-refractivity contribution is 0.0496. The molecule has 0 unspecified atom stereocenters. The number of esters is 1. The summed E-state index contributed by atoms with van der Waals surface area (Å²) in [6, 6.07) is 7.82. The number of ether oxygens (including phenoxy) is 2. The second-order valence-electron chi connectivity index (χ2n) is 7.96. The lowest BCUT2D eigenvalue weighted by Crippen LogP contribution is -2.06. The molecule has 0 aliphatic carbocycles. The van der Waals surface area contributed by atoms with Crippen molar-refractivity contribution in [3.05, 3.63) is 29.3 Å². The van der Waals surface area contributed by atoms with Crippen LogP contribution < -0.4 is 4.74 Å². The molecular weight excluding hydrogens is 408 g/mol. The van der Waals surface area contributed by atoms with Gasteiger partial charge in [0.2, 0.25) is 5.01 Å². The molecule has 0 radical (unpaired) electrons. The smallest absolute Gasteiger partial charge is 0.369 e. The van der Waals surface area contributed by atoms with Gasteiger partial charge in [0.1, 0.15) is 10.8 Å². The Morgan fingerprint density at radius 1 is 0.774 bits per heavy atom. The van der Waals surface area contributed by atoms with Gasteiger partial charge in [0, 0.05) is 5.56 Å². The van der Waals surface area contributed by atoms with Crippen molar-refractivity contribution in [3.63, 3.8) is 0 Å². The Morgan fingerprint density at radius 3 is 2.00 bits per heavy atom. The van der Waals surface area contributed by atoms with Gasteiger partial charge in [-0.3, -0.25) is 0 Å². The standard InChI is InChI=1S/C25H38N2O3S/c1-3-5-7-9-11-13-19-29-22-17-15-21(16-18-22)23-26-27-24(31-23)25(28)30-20-14-12-10-8-6-4-2/h15-18H,3-14,19-20H2,1-2H3. The predicted molar refractivity (Wildman–Crippen MR) is 128 cm³/mol. The van der Waals surface area contributed by atoms with Crippen LogP contribution in [0.5, 0.6) is 5.75 Å². The first-order valence-electron chi connectivity index (χ1n) is 12.0. The summed E-state index contributed by atoms with van der Waals surface area (Å²) < 4.78 is 11.2. The molecule has 0 saturated heterocycles. The number of benzene rings is 1. The first kappa shape index (κ1) is 25.3. The van der Waals surface area contributed by atoms with Crippen molar-refractivity contribution in [3.8, 4) is 16.3 Å². The summed E-state index contributed by atoms with van der Waals surface area (Å²) >= 11 is 1.27. The van der Waals surface area contributed by atoms with Crippen molar-refractivity contribution >= 4 is 17.3 Å². The summed E-state index contributed by atoms with van der Waals surface area (Å²) in [6.07, 6.45) is 14.5. The number of carbonyl (C=O) groups excluding carboxylic acids is 1. The maximum atomic E-state index is 12.2. The summed E-state index contributed by atoms with van der Waals surface area (Å²) in [5.41, 5.74) is 0.930. The highest BCUT2D eigenvalue weighted by Crippen LogP contribution is 2.26. The summed E-state index contributed by atoms with van der Waals surface area (Å²) in [6.45, 7) is 5.64. The van der Waals surface area contributed by atoms with Gasteiger partial charge in [-0.05, 0) is 37.1 Å². The maximum Gasteiger partial charge on any atom is 0.369 e. The van der Waals surface area contributed by atoms with E-state index in [1.54, 1.807) is 0 Å². The molecule has 0 bridgehead atoms. The third-order valence-corrected chi connectivity index (χ3v) is 6.15. The minimum atomic E-state index is -0.379. The van der Waals surface area contributed by atoms with Crippen LogP contribution in [0, 0.1) is 0 Å². The van der Waals surface area contributed by atoms with E-state index < -0.39 is 0 Å². The topological polar surface area (TPSA) is 61.3 Å². The van der Waals surface area contributed by atoms with E-state index in [2.05, 4.69) is 24.0 Å². The lowest BCUT2D eigenvalue weighted by atomic mass is 10.1. The highest BCUT2D eigenvalue weighted by molar-refractivity contribution is 7.16. The Labute approximate surface area is 191 Å². The molecule has 0 N–H and O–H groups in total. The third-order valence-electron chi connectivity index (χ3n) is 5.20. The molecule has 1 heterocycles. The largest absolute Gasteiger partial charge is 0.494 e. The third kappa shape index (κ3) is 10.3. The van der Waals surface area contributed by atoms with E-state index in [0.717, 1.165) is 37.2 Å². The maximum absolute atomic E-state index is 12.2. The second-order valence-corrected chi connectivity index (χ2v) is 8.93. The predicted octanol–water partition coefficient (Wildman–Crippen LogP) is 7.46. The SMILES string of the molecule is CCCCCCCCOC(=O)c1nnc(-c2ccc(OCCCCCCCC)cc2)s1. The fourth-order valence-corrected chi connectivity index (χ4v) is 4.04. The van der Waals surface area contributed by atoms with Crippen molar-refractivity contribution in [2.75, 3.05) is 13.2 Å². The number of carbonyl (C=O) groups is 1.